The lowest BCUT2D eigenvalue weighted by atomic mass is 10.00. The van der Waals surface area contributed by atoms with E-state index < -0.39 is 24.3 Å². The summed E-state index contributed by atoms with van der Waals surface area (Å²) in [4.78, 5) is 51.1. The Kier molecular flexibility index (Phi) is 12.3. The molecule has 1 aliphatic heterocycles. The third-order valence-electron chi connectivity index (χ3n) is 9.18. The number of anilines is 2. The minimum Gasteiger partial charge on any atom is -0.493 e. The van der Waals surface area contributed by atoms with Crippen LogP contribution in [0.1, 0.15) is 35.2 Å². The minimum atomic E-state index is -1.22. The van der Waals surface area contributed by atoms with E-state index in [-0.39, 0.29) is 44.4 Å². The first kappa shape index (κ1) is 38.0. The third-order valence-corrected chi connectivity index (χ3v) is 9.18. The number of aromatic nitrogens is 2. The number of carbonyl (C=O) groups excluding carboxylic acids is 2. The zero-order valence-corrected chi connectivity index (χ0v) is 30.5. The summed E-state index contributed by atoms with van der Waals surface area (Å²) in [6, 6.07) is 28.1. The van der Waals surface area contributed by atoms with Crippen molar-refractivity contribution in [1.82, 2.24) is 25.5 Å². The Labute approximate surface area is 318 Å². The number of nitrogens with one attached hydrogen (secondary N) is 2. The normalized spacial score (nSPS) is 14.5. The van der Waals surface area contributed by atoms with Crippen molar-refractivity contribution in [2.45, 2.75) is 25.1 Å². The Balaban J connectivity index is 1.22. The SMILES string of the molecule is COc1cc2nc(N3CCN(C(=O)CC(NC(=O)O)c4ccccc4)CC3c3cccc(OCCNC(=O)OCc4ccccc4)c3)nc(N)c2cc1OC. The molecule has 0 spiro atoms. The van der Waals surface area contributed by atoms with Crippen LogP contribution in [0.15, 0.2) is 97.1 Å². The molecule has 286 valence electrons. The van der Waals surface area contributed by atoms with Crippen LogP contribution >= 0.6 is 0 Å². The number of nitrogen functional groups attached to an aromatic ring is 1. The average Bonchev–Trinajstić information content (AvgIpc) is 3.21. The fourth-order valence-electron chi connectivity index (χ4n) is 6.43. The number of benzene rings is 4. The van der Waals surface area contributed by atoms with Crippen molar-refractivity contribution in [3.8, 4) is 17.2 Å². The number of fused-ring (bicyclic) bond motifs is 1. The molecule has 5 N–H and O–H groups in total. The fraction of sp³-hybridized carbons (Fsp3) is 0.275. The summed E-state index contributed by atoms with van der Waals surface area (Å²) in [5, 5.41) is 15.3. The number of carboxylic acid groups (broad SMARTS) is 1. The van der Waals surface area contributed by atoms with Gasteiger partial charge in [-0.25, -0.2) is 14.6 Å². The summed E-state index contributed by atoms with van der Waals surface area (Å²) < 4.78 is 22.3. The molecule has 2 atom stereocenters. The van der Waals surface area contributed by atoms with Gasteiger partial charge in [0.2, 0.25) is 11.9 Å². The van der Waals surface area contributed by atoms with Crippen LogP contribution < -0.4 is 35.5 Å². The molecule has 0 saturated carbocycles. The highest BCUT2D eigenvalue weighted by atomic mass is 16.5. The molecule has 2 heterocycles. The van der Waals surface area contributed by atoms with Gasteiger partial charge in [0.25, 0.3) is 0 Å². The molecule has 0 bridgehead atoms. The maximum atomic E-state index is 13.9. The van der Waals surface area contributed by atoms with Gasteiger partial charge in [-0.05, 0) is 34.9 Å². The predicted octanol–water partition coefficient (Wildman–Crippen LogP) is 5.32. The number of ether oxygens (including phenoxy) is 4. The lowest BCUT2D eigenvalue weighted by Crippen LogP contribution is -2.51. The first-order chi connectivity index (χ1) is 26.7. The number of nitrogens with two attached hydrogens (primary N) is 1. The average molecular weight is 750 g/mol. The number of hydrogen-bond acceptors (Lipinski definition) is 11. The van der Waals surface area contributed by atoms with Gasteiger partial charge in [-0.3, -0.25) is 4.79 Å². The van der Waals surface area contributed by atoms with Gasteiger partial charge in [0, 0.05) is 31.1 Å². The van der Waals surface area contributed by atoms with Crippen LogP contribution in [0.5, 0.6) is 17.2 Å². The lowest BCUT2D eigenvalue weighted by Gasteiger charge is -2.42. The Morgan fingerprint density at radius 3 is 2.36 bits per heavy atom. The van der Waals surface area contributed by atoms with E-state index in [4.69, 9.17) is 34.6 Å². The molecule has 0 aliphatic carbocycles. The minimum absolute atomic E-state index is 0.0754. The quantitative estimate of drug-likeness (QED) is 0.107. The molecular weight excluding hydrogens is 706 g/mol. The van der Waals surface area contributed by atoms with Gasteiger partial charge >= 0.3 is 12.2 Å². The summed E-state index contributed by atoms with van der Waals surface area (Å²) >= 11 is 0. The molecule has 6 rings (SSSR count). The summed E-state index contributed by atoms with van der Waals surface area (Å²) in [7, 11) is 3.08. The second-order valence-corrected chi connectivity index (χ2v) is 12.7. The zero-order chi connectivity index (χ0) is 38.7. The van der Waals surface area contributed by atoms with Gasteiger partial charge < -0.3 is 50.2 Å². The number of amides is 3. The van der Waals surface area contributed by atoms with Crippen molar-refractivity contribution >= 4 is 40.8 Å². The van der Waals surface area contributed by atoms with E-state index in [1.54, 1.807) is 54.5 Å². The summed E-state index contributed by atoms with van der Waals surface area (Å²) in [5.41, 5.74) is 9.42. The van der Waals surface area contributed by atoms with Gasteiger partial charge in [0.05, 0.1) is 44.8 Å². The van der Waals surface area contributed by atoms with E-state index >= 15 is 0 Å². The van der Waals surface area contributed by atoms with Gasteiger partial charge in [-0.15, -0.1) is 0 Å². The van der Waals surface area contributed by atoms with Crippen LogP contribution in [0.3, 0.4) is 0 Å². The predicted molar refractivity (Wildman–Crippen MR) is 205 cm³/mol. The number of hydrogen-bond donors (Lipinski definition) is 4. The number of carbonyl (C=O) groups is 3. The van der Waals surface area contributed by atoms with E-state index in [9.17, 15) is 19.5 Å². The Morgan fingerprint density at radius 2 is 1.64 bits per heavy atom. The van der Waals surface area contributed by atoms with E-state index in [0.29, 0.717) is 52.8 Å². The number of piperazine rings is 1. The standard InChI is InChI=1S/C40H43N7O8/c1-52-34-21-30-32(22-35(34)53-2)43-38(45-37(30)41)47-18-17-46(36(48)23-31(44-39(49)50)27-12-7-4-8-13-27)24-33(47)28-14-9-15-29(20-28)54-19-16-42-40(51)55-25-26-10-5-3-6-11-26/h3-15,20-22,31,33,44H,16-19,23-25H2,1-2H3,(H,42,51)(H,49,50)(H2,41,43,45). The second kappa shape index (κ2) is 17.8. The Bertz CT molecular complexity index is 2100. The summed E-state index contributed by atoms with van der Waals surface area (Å²) in [5.74, 6) is 1.90. The van der Waals surface area contributed by atoms with Crippen molar-refractivity contribution in [3.63, 3.8) is 0 Å². The molecular formula is C40H43N7O8. The highest BCUT2D eigenvalue weighted by Crippen LogP contribution is 2.37. The lowest BCUT2D eigenvalue weighted by molar-refractivity contribution is -0.132. The smallest absolute Gasteiger partial charge is 0.407 e. The van der Waals surface area contributed by atoms with Crippen molar-refractivity contribution in [3.05, 3.63) is 114 Å². The first-order valence-corrected chi connectivity index (χ1v) is 17.7. The molecule has 0 radical (unpaired) electrons. The van der Waals surface area contributed by atoms with Crippen LogP contribution in [0.4, 0.5) is 21.4 Å². The van der Waals surface area contributed by atoms with Crippen LogP contribution in [-0.4, -0.2) is 85.1 Å². The molecule has 5 aromatic rings. The van der Waals surface area contributed by atoms with Gasteiger partial charge in [-0.1, -0.05) is 72.8 Å². The molecule has 3 amide bonds. The summed E-state index contributed by atoms with van der Waals surface area (Å²) in [6.07, 6.45) is -1.85. The highest BCUT2D eigenvalue weighted by Gasteiger charge is 2.34. The maximum absolute atomic E-state index is 13.9. The van der Waals surface area contributed by atoms with E-state index in [2.05, 4.69) is 10.6 Å². The monoisotopic (exact) mass is 749 g/mol. The number of rotatable bonds is 14. The van der Waals surface area contributed by atoms with E-state index in [0.717, 1.165) is 11.1 Å². The van der Waals surface area contributed by atoms with Crippen molar-refractivity contribution in [2.24, 2.45) is 0 Å². The van der Waals surface area contributed by atoms with E-state index in [1.807, 2.05) is 59.5 Å². The molecule has 15 heteroatoms. The fourth-order valence-corrected chi connectivity index (χ4v) is 6.43. The molecule has 4 aromatic carbocycles. The van der Waals surface area contributed by atoms with Crippen molar-refractivity contribution in [1.29, 1.82) is 0 Å². The van der Waals surface area contributed by atoms with Gasteiger partial charge in [0.1, 0.15) is 24.8 Å². The largest absolute Gasteiger partial charge is 0.493 e. The highest BCUT2D eigenvalue weighted by molar-refractivity contribution is 5.92. The number of alkyl carbamates (subject to hydrolysis) is 1. The zero-order valence-electron chi connectivity index (χ0n) is 30.5. The van der Waals surface area contributed by atoms with Crippen LogP contribution in [0.2, 0.25) is 0 Å². The molecule has 1 saturated heterocycles. The van der Waals surface area contributed by atoms with Crippen LogP contribution in [-0.2, 0) is 16.1 Å². The Morgan fingerprint density at radius 1 is 0.909 bits per heavy atom. The Hall–Kier alpha value is -6.77. The maximum Gasteiger partial charge on any atom is 0.407 e. The van der Waals surface area contributed by atoms with Crippen LogP contribution in [0.25, 0.3) is 10.9 Å². The summed E-state index contributed by atoms with van der Waals surface area (Å²) in [6.45, 7) is 1.44. The molecule has 1 aliphatic rings. The van der Waals surface area contributed by atoms with Crippen molar-refractivity contribution in [2.75, 3.05) is 57.6 Å². The molecule has 55 heavy (non-hydrogen) atoms. The topological polar surface area (TPSA) is 191 Å². The van der Waals surface area contributed by atoms with E-state index in [1.165, 1.54) is 7.11 Å². The molecule has 1 aromatic heterocycles. The second-order valence-electron chi connectivity index (χ2n) is 12.7. The number of nitrogens with zero attached hydrogens (tertiary/aromatic N) is 4. The molecule has 1 fully saturated rings. The van der Waals surface area contributed by atoms with Gasteiger partial charge in [0.15, 0.2) is 11.5 Å². The van der Waals surface area contributed by atoms with Crippen molar-refractivity contribution < 1.29 is 38.4 Å². The molecule has 2 unspecified atom stereocenters. The van der Waals surface area contributed by atoms with Crippen LogP contribution in [0, 0.1) is 0 Å². The van der Waals surface area contributed by atoms with Gasteiger partial charge in [-0.2, -0.15) is 4.98 Å². The third kappa shape index (κ3) is 9.62. The number of methoxy groups -OCH3 is 2. The molecule has 15 nitrogen and oxygen atoms in total. The first-order valence-electron chi connectivity index (χ1n) is 17.7.